The minimum atomic E-state index is -0.773. The molecule has 1 aliphatic heterocycles. The first kappa shape index (κ1) is 25.4. The van der Waals surface area contributed by atoms with Gasteiger partial charge in [-0.15, -0.1) is 0 Å². The lowest BCUT2D eigenvalue weighted by atomic mass is 10.0. The maximum absolute atomic E-state index is 13.3. The smallest absolute Gasteiger partial charge is 0.408 e. The van der Waals surface area contributed by atoms with Gasteiger partial charge >= 0.3 is 12.1 Å². The zero-order valence-corrected chi connectivity index (χ0v) is 20.2. The van der Waals surface area contributed by atoms with Crippen LogP contribution in [0.2, 0.25) is 0 Å². The highest BCUT2D eigenvalue weighted by Gasteiger charge is 2.36. The maximum atomic E-state index is 13.3. The van der Waals surface area contributed by atoms with Gasteiger partial charge in [-0.3, -0.25) is 14.5 Å². The highest BCUT2D eigenvalue weighted by molar-refractivity contribution is 5.90. The molecule has 1 fully saturated rings. The Morgan fingerprint density at radius 3 is 2.24 bits per heavy atom. The van der Waals surface area contributed by atoms with E-state index in [0.717, 1.165) is 17.5 Å². The number of ether oxygens (including phenoxy) is 2. The second kappa shape index (κ2) is 11.8. The average Bonchev–Trinajstić information content (AvgIpc) is 3.26. The summed E-state index contributed by atoms with van der Waals surface area (Å²) >= 11 is 0. The van der Waals surface area contributed by atoms with Crippen LogP contribution in [-0.2, 0) is 32.1 Å². The third-order valence-electron chi connectivity index (χ3n) is 5.58. The van der Waals surface area contributed by atoms with Gasteiger partial charge in [-0.25, -0.2) is 4.79 Å². The van der Waals surface area contributed by atoms with E-state index in [1.54, 1.807) is 0 Å². The van der Waals surface area contributed by atoms with Crippen molar-refractivity contribution < 1.29 is 23.9 Å². The first-order valence-electron chi connectivity index (χ1n) is 11.7. The Morgan fingerprint density at radius 2 is 1.62 bits per heavy atom. The lowest BCUT2D eigenvalue weighted by Gasteiger charge is -2.28. The topological polar surface area (TPSA) is 84.9 Å². The minimum absolute atomic E-state index is 0.0559. The van der Waals surface area contributed by atoms with Gasteiger partial charge in [0.1, 0.15) is 18.2 Å². The van der Waals surface area contributed by atoms with Gasteiger partial charge in [-0.05, 0) is 57.7 Å². The summed E-state index contributed by atoms with van der Waals surface area (Å²) in [5, 5.41) is 2.74. The molecular formula is C27H34N2O5. The summed E-state index contributed by atoms with van der Waals surface area (Å²) in [6, 6.07) is 17.6. The number of hydrogen-bond donors (Lipinski definition) is 1. The van der Waals surface area contributed by atoms with Crippen LogP contribution in [0.5, 0.6) is 0 Å². The zero-order valence-electron chi connectivity index (χ0n) is 20.2. The monoisotopic (exact) mass is 466 g/mol. The van der Waals surface area contributed by atoms with Crippen molar-refractivity contribution in [3.63, 3.8) is 0 Å². The summed E-state index contributed by atoms with van der Waals surface area (Å²) in [6.07, 6.45) is 1.15. The number of hydrogen-bond acceptors (Lipinski definition) is 6. The quantitative estimate of drug-likeness (QED) is 0.564. The summed E-state index contributed by atoms with van der Waals surface area (Å²) in [5.74, 6) is -0.483. The van der Waals surface area contributed by atoms with Crippen LogP contribution in [-0.4, -0.2) is 53.5 Å². The molecule has 182 valence electrons. The Morgan fingerprint density at radius 1 is 1.00 bits per heavy atom. The molecule has 1 heterocycles. The van der Waals surface area contributed by atoms with Crippen LogP contribution >= 0.6 is 0 Å². The second-order valence-corrected chi connectivity index (χ2v) is 9.58. The summed E-state index contributed by atoms with van der Waals surface area (Å²) in [5.41, 5.74) is 1.20. The summed E-state index contributed by atoms with van der Waals surface area (Å²) in [7, 11) is 0. The van der Waals surface area contributed by atoms with Gasteiger partial charge in [-0.1, -0.05) is 60.7 Å². The van der Waals surface area contributed by atoms with E-state index in [0.29, 0.717) is 19.4 Å². The molecule has 0 unspecified atom stereocenters. The van der Waals surface area contributed by atoms with Crippen LogP contribution in [0, 0.1) is 0 Å². The summed E-state index contributed by atoms with van der Waals surface area (Å²) in [4.78, 5) is 40.3. The Labute approximate surface area is 201 Å². The van der Waals surface area contributed by atoms with Crippen molar-refractivity contribution in [2.24, 2.45) is 0 Å². The van der Waals surface area contributed by atoms with Crippen molar-refractivity contribution in [1.82, 2.24) is 10.2 Å². The fraction of sp³-hybridized carbons (Fsp3) is 0.444. The van der Waals surface area contributed by atoms with Gasteiger partial charge in [-0.2, -0.15) is 0 Å². The molecule has 0 bridgehead atoms. The predicted octanol–water partition coefficient (Wildman–Crippen LogP) is 3.90. The molecule has 7 heteroatoms. The summed E-state index contributed by atoms with van der Waals surface area (Å²) in [6.45, 7) is 6.29. The normalized spacial score (nSPS) is 17.1. The predicted molar refractivity (Wildman–Crippen MR) is 129 cm³/mol. The molecule has 1 aliphatic rings. The van der Waals surface area contributed by atoms with E-state index >= 15 is 0 Å². The zero-order chi connectivity index (χ0) is 24.6. The Balaban J connectivity index is 1.65. The first-order valence-corrected chi connectivity index (χ1v) is 11.7. The Bertz CT molecular complexity index is 956. The Kier molecular flexibility index (Phi) is 8.82. The van der Waals surface area contributed by atoms with E-state index in [9.17, 15) is 14.4 Å². The number of likely N-dealkylation sites (tertiary alicyclic amines) is 1. The number of ketones is 1. The number of carbonyl (C=O) groups is 3. The van der Waals surface area contributed by atoms with E-state index < -0.39 is 23.8 Å². The van der Waals surface area contributed by atoms with Crippen molar-refractivity contribution in [1.29, 1.82) is 0 Å². The minimum Gasteiger partial charge on any atom is -0.459 e. The number of benzene rings is 2. The molecule has 0 spiro atoms. The largest absolute Gasteiger partial charge is 0.459 e. The number of rotatable bonds is 9. The van der Waals surface area contributed by atoms with Crippen LogP contribution in [0.4, 0.5) is 4.79 Å². The van der Waals surface area contributed by atoms with E-state index in [2.05, 4.69) is 5.32 Å². The third kappa shape index (κ3) is 7.99. The van der Waals surface area contributed by atoms with E-state index in [-0.39, 0.29) is 24.9 Å². The Hall–Kier alpha value is -3.19. The van der Waals surface area contributed by atoms with Crippen molar-refractivity contribution in [2.45, 2.75) is 64.3 Å². The van der Waals surface area contributed by atoms with Crippen LogP contribution in [0.25, 0.3) is 0 Å². The van der Waals surface area contributed by atoms with Crippen molar-refractivity contribution in [3.8, 4) is 0 Å². The number of amides is 1. The molecule has 2 atom stereocenters. The SMILES string of the molecule is CC(C)(C)OC(=O)[C@@H]1CCCN1CC(=O)[C@H](Cc1ccccc1)NC(=O)OCc1ccccc1. The lowest BCUT2D eigenvalue weighted by Crippen LogP contribution is -2.49. The second-order valence-electron chi connectivity index (χ2n) is 9.58. The van der Waals surface area contributed by atoms with Crippen LogP contribution in [0.3, 0.4) is 0 Å². The summed E-state index contributed by atoms with van der Waals surface area (Å²) < 4.78 is 10.9. The molecule has 3 rings (SSSR count). The van der Waals surface area contributed by atoms with Crippen molar-refractivity contribution >= 4 is 17.8 Å². The third-order valence-corrected chi connectivity index (χ3v) is 5.58. The van der Waals surface area contributed by atoms with Crippen molar-refractivity contribution in [2.75, 3.05) is 13.1 Å². The highest BCUT2D eigenvalue weighted by atomic mass is 16.6. The average molecular weight is 467 g/mol. The number of nitrogens with one attached hydrogen (secondary N) is 1. The molecule has 34 heavy (non-hydrogen) atoms. The lowest BCUT2D eigenvalue weighted by molar-refractivity contribution is -0.160. The molecule has 0 radical (unpaired) electrons. The number of carbonyl (C=O) groups excluding carboxylic acids is 3. The molecule has 7 nitrogen and oxygen atoms in total. The first-order chi connectivity index (χ1) is 16.2. The fourth-order valence-electron chi connectivity index (χ4n) is 3.96. The maximum Gasteiger partial charge on any atom is 0.408 e. The molecule has 1 amide bonds. The standard InChI is InChI=1S/C27H34N2O5/c1-27(2,3)34-25(31)23-15-10-16-29(23)18-24(30)22(17-20-11-6-4-7-12-20)28-26(32)33-19-21-13-8-5-9-14-21/h4-9,11-14,22-23H,10,15-19H2,1-3H3,(H,28,32)/t22-,23-/m0/s1. The molecule has 0 aliphatic carbocycles. The molecule has 1 saturated heterocycles. The van der Waals surface area contributed by atoms with Gasteiger partial charge in [0.2, 0.25) is 0 Å². The van der Waals surface area contributed by atoms with Gasteiger partial charge in [0, 0.05) is 0 Å². The van der Waals surface area contributed by atoms with E-state index in [1.165, 1.54) is 0 Å². The van der Waals surface area contributed by atoms with Crippen LogP contribution in [0.1, 0.15) is 44.7 Å². The number of nitrogens with zero attached hydrogens (tertiary/aromatic N) is 1. The van der Waals surface area contributed by atoms with Crippen LogP contribution < -0.4 is 5.32 Å². The fourth-order valence-corrected chi connectivity index (χ4v) is 3.96. The van der Waals surface area contributed by atoms with Gasteiger partial charge in [0.15, 0.2) is 5.78 Å². The van der Waals surface area contributed by atoms with Gasteiger partial charge in [0.05, 0.1) is 12.6 Å². The molecule has 2 aromatic rings. The highest BCUT2D eigenvalue weighted by Crippen LogP contribution is 2.21. The molecule has 0 saturated carbocycles. The van der Waals surface area contributed by atoms with Crippen molar-refractivity contribution in [3.05, 3.63) is 71.8 Å². The number of esters is 1. The van der Waals surface area contributed by atoms with E-state index in [1.807, 2.05) is 86.3 Å². The van der Waals surface area contributed by atoms with E-state index in [4.69, 9.17) is 9.47 Å². The van der Waals surface area contributed by atoms with Gasteiger partial charge < -0.3 is 14.8 Å². The van der Waals surface area contributed by atoms with Gasteiger partial charge in [0.25, 0.3) is 0 Å². The van der Waals surface area contributed by atoms with Crippen LogP contribution in [0.15, 0.2) is 60.7 Å². The molecule has 0 aromatic heterocycles. The number of Topliss-reactive ketones (excluding diaryl/α,β-unsaturated/α-hetero) is 1. The number of alkyl carbamates (subject to hydrolysis) is 1. The molecule has 1 N–H and O–H groups in total. The molecular weight excluding hydrogens is 432 g/mol. The molecule has 2 aromatic carbocycles.